The van der Waals surface area contributed by atoms with Gasteiger partial charge in [0.1, 0.15) is 0 Å². The fourth-order valence-corrected chi connectivity index (χ4v) is 3.73. The van der Waals surface area contributed by atoms with E-state index in [-0.39, 0.29) is 17.7 Å². The molecule has 0 radical (unpaired) electrons. The smallest absolute Gasteiger partial charge is 0.222 e. The van der Waals surface area contributed by atoms with Crippen LogP contribution in [0.3, 0.4) is 0 Å². The van der Waals surface area contributed by atoms with E-state index in [0.29, 0.717) is 24.4 Å². The third-order valence-electron chi connectivity index (χ3n) is 4.94. The zero-order chi connectivity index (χ0) is 19.1. The molecule has 1 N–H and O–H groups in total. The second-order valence-electron chi connectivity index (χ2n) is 6.91. The van der Waals surface area contributed by atoms with Crippen molar-refractivity contribution in [3.05, 3.63) is 70.7 Å². The van der Waals surface area contributed by atoms with E-state index in [9.17, 15) is 9.59 Å². The van der Waals surface area contributed by atoms with Crippen molar-refractivity contribution in [2.75, 3.05) is 19.6 Å². The molecule has 3 rings (SSSR count). The number of carbonyl (C=O) groups is 2. The summed E-state index contributed by atoms with van der Waals surface area (Å²) in [7, 11) is 0. The van der Waals surface area contributed by atoms with Gasteiger partial charge < -0.3 is 10.2 Å². The fourth-order valence-electron chi connectivity index (χ4n) is 3.53. The molecule has 1 aliphatic heterocycles. The summed E-state index contributed by atoms with van der Waals surface area (Å²) in [6, 6.07) is 17.7. The molecule has 0 saturated carbocycles. The minimum atomic E-state index is -0.0370. The lowest BCUT2D eigenvalue weighted by Crippen LogP contribution is -2.31. The van der Waals surface area contributed by atoms with Gasteiger partial charge in [-0.25, -0.2) is 0 Å². The Morgan fingerprint density at radius 3 is 2.59 bits per heavy atom. The zero-order valence-corrected chi connectivity index (χ0v) is 16.1. The third-order valence-corrected chi connectivity index (χ3v) is 5.18. The maximum absolute atomic E-state index is 12.5. The number of benzene rings is 2. The molecule has 142 valence electrons. The third kappa shape index (κ3) is 5.57. The Hall–Kier alpha value is -2.33. The number of likely N-dealkylation sites (tertiary alicyclic amines) is 1. The van der Waals surface area contributed by atoms with E-state index < -0.39 is 0 Å². The molecule has 1 aliphatic rings. The highest BCUT2D eigenvalue weighted by atomic mass is 35.5. The molecule has 0 aromatic heterocycles. The molecule has 1 fully saturated rings. The molecule has 0 spiro atoms. The van der Waals surface area contributed by atoms with E-state index >= 15 is 0 Å². The molecule has 0 aliphatic carbocycles. The van der Waals surface area contributed by atoms with E-state index in [0.717, 1.165) is 37.1 Å². The molecule has 1 atom stereocenters. The molecule has 2 amide bonds. The molecule has 5 heteroatoms. The van der Waals surface area contributed by atoms with Crippen LogP contribution < -0.4 is 5.32 Å². The molecule has 1 saturated heterocycles. The number of hydrogen-bond donors (Lipinski definition) is 1. The van der Waals surface area contributed by atoms with Gasteiger partial charge in [-0.15, -0.1) is 0 Å². The van der Waals surface area contributed by atoms with E-state index in [1.807, 2.05) is 59.5 Å². The van der Waals surface area contributed by atoms with Crippen LogP contribution in [0.5, 0.6) is 0 Å². The number of rotatable bonds is 8. The van der Waals surface area contributed by atoms with Crippen LogP contribution in [0, 0.1) is 0 Å². The molecule has 27 heavy (non-hydrogen) atoms. The SMILES string of the molecule is O=C(CC(c1ccccc1)c1cccc(Cl)c1)NCCCN1CCCC1=O. The number of nitrogens with one attached hydrogen (secondary N) is 1. The second-order valence-corrected chi connectivity index (χ2v) is 7.35. The van der Waals surface area contributed by atoms with Gasteiger partial charge in [0.2, 0.25) is 11.8 Å². The van der Waals surface area contributed by atoms with Crippen molar-refractivity contribution in [1.82, 2.24) is 10.2 Å². The minimum absolute atomic E-state index is 0.0107. The maximum Gasteiger partial charge on any atom is 0.222 e. The van der Waals surface area contributed by atoms with Crippen LogP contribution in [0.1, 0.15) is 42.7 Å². The van der Waals surface area contributed by atoms with Gasteiger partial charge in [-0.05, 0) is 36.1 Å². The molecule has 4 nitrogen and oxygen atoms in total. The highest BCUT2D eigenvalue weighted by Crippen LogP contribution is 2.29. The Labute approximate surface area is 165 Å². The van der Waals surface area contributed by atoms with E-state index in [4.69, 9.17) is 11.6 Å². The Bertz CT molecular complexity index is 779. The fraction of sp³-hybridized carbons (Fsp3) is 0.364. The van der Waals surface area contributed by atoms with E-state index in [1.165, 1.54) is 0 Å². The first-order valence-electron chi connectivity index (χ1n) is 9.48. The van der Waals surface area contributed by atoms with Gasteiger partial charge >= 0.3 is 0 Å². The highest BCUT2D eigenvalue weighted by Gasteiger charge is 2.20. The molecular weight excluding hydrogens is 360 g/mol. The predicted molar refractivity (Wildman–Crippen MR) is 108 cm³/mol. The number of hydrogen-bond acceptors (Lipinski definition) is 2. The number of amides is 2. The number of halogens is 1. The number of carbonyl (C=O) groups excluding carboxylic acids is 2. The lowest BCUT2D eigenvalue weighted by atomic mass is 9.88. The first kappa shape index (κ1) is 19.4. The van der Waals surface area contributed by atoms with Crippen molar-refractivity contribution in [1.29, 1.82) is 0 Å². The topological polar surface area (TPSA) is 49.4 Å². The van der Waals surface area contributed by atoms with Crippen LogP contribution in [-0.2, 0) is 9.59 Å². The molecule has 1 heterocycles. The summed E-state index contributed by atoms with van der Waals surface area (Å²) in [5.74, 6) is 0.202. The normalized spacial score (nSPS) is 15.0. The van der Waals surface area contributed by atoms with E-state index in [2.05, 4.69) is 5.32 Å². The summed E-state index contributed by atoms with van der Waals surface area (Å²) in [4.78, 5) is 26.0. The average molecular weight is 385 g/mol. The summed E-state index contributed by atoms with van der Waals surface area (Å²) >= 11 is 6.16. The first-order valence-corrected chi connectivity index (χ1v) is 9.86. The predicted octanol–water partition coefficient (Wildman–Crippen LogP) is 3.99. The van der Waals surface area contributed by atoms with Crippen LogP contribution in [0.25, 0.3) is 0 Å². The molecule has 2 aromatic rings. The second kappa shape index (κ2) is 9.56. The quantitative estimate of drug-likeness (QED) is 0.699. The van der Waals surface area contributed by atoms with Gasteiger partial charge in [0.05, 0.1) is 0 Å². The van der Waals surface area contributed by atoms with Crippen molar-refractivity contribution >= 4 is 23.4 Å². The van der Waals surface area contributed by atoms with Gasteiger partial charge in [-0.2, -0.15) is 0 Å². The van der Waals surface area contributed by atoms with Gasteiger partial charge in [-0.1, -0.05) is 54.1 Å². The minimum Gasteiger partial charge on any atom is -0.356 e. The van der Waals surface area contributed by atoms with Gasteiger partial charge in [0.15, 0.2) is 0 Å². The van der Waals surface area contributed by atoms with Crippen LogP contribution in [-0.4, -0.2) is 36.3 Å². The van der Waals surface area contributed by atoms with Crippen LogP contribution in [0.4, 0.5) is 0 Å². The maximum atomic E-state index is 12.5. The summed E-state index contributed by atoms with van der Waals surface area (Å²) in [6.45, 7) is 2.15. The monoisotopic (exact) mass is 384 g/mol. The van der Waals surface area contributed by atoms with Gasteiger partial charge in [0.25, 0.3) is 0 Å². The molecular formula is C22H25ClN2O2. The van der Waals surface area contributed by atoms with Crippen LogP contribution in [0.2, 0.25) is 5.02 Å². The Balaban J connectivity index is 1.57. The first-order chi connectivity index (χ1) is 13.1. The molecule has 2 aromatic carbocycles. The van der Waals surface area contributed by atoms with Crippen LogP contribution in [0.15, 0.2) is 54.6 Å². The molecule has 0 bridgehead atoms. The number of nitrogens with zero attached hydrogens (tertiary/aromatic N) is 1. The standard InChI is InChI=1S/C22H25ClN2O2/c23-19-10-4-9-18(15-19)20(17-7-2-1-3-8-17)16-21(26)24-12-6-14-25-13-5-11-22(25)27/h1-4,7-10,15,20H,5-6,11-14,16H2,(H,24,26). The highest BCUT2D eigenvalue weighted by molar-refractivity contribution is 6.30. The van der Waals surface area contributed by atoms with Crippen molar-refractivity contribution in [3.63, 3.8) is 0 Å². The van der Waals surface area contributed by atoms with Crippen molar-refractivity contribution < 1.29 is 9.59 Å². The van der Waals surface area contributed by atoms with Crippen molar-refractivity contribution in [3.8, 4) is 0 Å². The average Bonchev–Trinajstić information content (AvgIpc) is 3.09. The summed E-state index contributed by atoms with van der Waals surface area (Å²) in [5.41, 5.74) is 2.13. The lowest BCUT2D eigenvalue weighted by molar-refractivity contribution is -0.127. The van der Waals surface area contributed by atoms with Gasteiger partial charge in [0, 0.05) is 43.4 Å². The Morgan fingerprint density at radius 2 is 1.89 bits per heavy atom. The molecule has 1 unspecified atom stereocenters. The van der Waals surface area contributed by atoms with E-state index in [1.54, 1.807) is 0 Å². The van der Waals surface area contributed by atoms with Crippen LogP contribution >= 0.6 is 11.6 Å². The summed E-state index contributed by atoms with van der Waals surface area (Å²) in [5, 5.41) is 3.67. The largest absolute Gasteiger partial charge is 0.356 e. The summed E-state index contributed by atoms with van der Waals surface area (Å²) < 4.78 is 0. The Morgan fingerprint density at radius 1 is 1.11 bits per heavy atom. The lowest BCUT2D eigenvalue weighted by Gasteiger charge is -2.19. The zero-order valence-electron chi connectivity index (χ0n) is 15.4. The van der Waals surface area contributed by atoms with Gasteiger partial charge in [-0.3, -0.25) is 9.59 Å². The van der Waals surface area contributed by atoms with Crippen molar-refractivity contribution in [2.24, 2.45) is 0 Å². The summed E-state index contributed by atoms with van der Waals surface area (Å²) in [6.07, 6.45) is 2.76. The van der Waals surface area contributed by atoms with Crippen molar-refractivity contribution in [2.45, 2.75) is 31.6 Å². The Kier molecular flexibility index (Phi) is 6.88.